The smallest absolute Gasteiger partial charge is 0.271 e. The maximum absolute atomic E-state index is 12.1. The normalized spacial score (nSPS) is 10.4. The highest BCUT2D eigenvalue weighted by atomic mass is 16.5. The standard InChI is InChI=1S/C17H23N3O3/c1-5-20-17(21)12(3)14(11-19-20)18-10-13-7-8-15(22-4)16(9-13)23-6-2/h7-9,11,18H,5-6,10H2,1-4H3. The fourth-order valence-electron chi connectivity index (χ4n) is 2.29. The molecular weight excluding hydrogens is 294 g/mol. The lowest BCUT2D eigenvalue weighted by Crippen LogP contribution is -2.25. The highest BCUT2D eigenvalue weighted by molar-refractivity contribution is 5.49. The van der Waals surface area contributed by atoms with Crippen molar-refractivity contribution in [2.75, 3.05) is 19.0 Å². The molecule has 0 fully saturated rings. The van der Waals surface area contributed by atoms with Crippen LogP contribution in [0.2, 0.25) is 0 Å². The van der Waals surface area contributed by atoms with Crippen molar-refractivity contribution in [1.29, 1.82) is 0 Å². The molecule has 1 aromatic carbocycles. The van der Waals surface area contributed by atoms with E-state index in [1.165, 1.54) is 4.68 Å². The lowest BCUT2D eigenvalue weighted by atomic mass is 10.2. The Hall–Kier alpha value is -2.50. The number of rotatable bonds is 7. The fourth-order valence-corrected chi connectivity index (χ4v) is 2.29. The lowest BCUT2D eigenvalue weighted by molar-refractivity contribution is 0.310. The van der Waals surface area contributed by atoms with Crippen LogP contribution in [0, 0.1) is 6.92 Å². The molecular formula is C17H23N3O3. The molecule has 6 nitrogen and oxygen atoms in total. The molecule has 0 unspecified atom stereocenters. The van der Waals surface area contributed by atoms with Gasteiger partial charge in [-0.15, -0.1) is 0 Å². The maximum Gasteiger partial charge on any atom is 0.271 e. The van der Waals surface area contributed by atoms with E-state index in [-0.39, 0.29) is 5.56 Å². The van der Waals surface area contributed by atoms with Crippen LogP contribution in [0.5, 0.6) is 11.5 Å². The molecule has 0 aliphatic heterocycles. The van der Waals surface area contributed by atoms with E-state index in [1.807, 2.05) is 32.0 Å². The van der Waals surface area contributed by atoms with Crippen LogP contribution < -0.4 is 20.3 Å². The monoisotopic (exact) mass is 317 g/mol. The number of aromatic nitrogens is 2. The Kier molecular flexibility index (Phi) is 5.62. The van der Waals surface area contributed by atoms with Crippen LogP contribution >= 0.6 is 0 Å². The Morgan fingerprint density at radius 2 is 2.04 bits per heavy atom. The minimum absolute atomic E-state index is 0.0674. The van der Waals surface area contributed by atoms with Crippen molar-refractivity contribution in [3.05, 3.63) is 45.9 Å². The number of methoxy groups -OCH3 is 1. The van der Waals surface area contributed by atoms with Crippen molar-refractivity contribution >= 4 is 5.69 Å². The number of aryl methyl sites for hydroxylation is 1. The van der Waals surface area contributed by atoms with Crippen molar-refractivity contribution in [3.63, 3.8) is 0 Å². The predicted octanol–water partition coefficient (Wildman–Crippen LogP) is 2.59. The lowest BCUT2D eigenvalue weighted by Gasteiger charge is -2.13. The summed E-state index contributed by atoms with van der Waals surface area (Å²) in [4.78, 5) is 12.1. The zero-order chi connectivity index (χ0) is 16.8. The number of hydrogen-bond donors (Lipinski definition) is 1. The molecule has 6 heteroatoms. The van der Waals surface area contributed by atoms with Gasteiger partial charge in [-0.1, -0.05) is 6.07 Å². The highest BCUT2D eigenvalue weighted by Gasteiger charge is 2.08. The number of hydrogen-bond acceptors (Lipinski definition) is 5. The van der Waals surface area contributed by atoms with E-state index in [1.54, 1.807) is 20.2 Å². The second-order valence-corrected chi connectivity index (χ2v) is 5.08. The molecule has 1 aromatic heterocycles. The summed E-state index contributed by atoms with van der Waals surface area (Å²) >= 11 is 0. The highest BCUT2D eigenvalue weighted by Crippen LogP contribution is 2.28. The van der Waals surface area contributed by atoms with E-state index in [2.05, 4.69) is 10.4 Å². The number of nitrogens with one attached hydrogen (secondary N) is 1. The van der Waals surface area contributed by atoms with Gasteiger partial charge in [0, 0.05) is 18.7 Å². The summed E-state index contributed by atoms with van der Waals surface area (Å²) in [5.41, 5.74) is 2.38. The van der Waals surface area contributed by atoms with Crippen LogP contribution in [0.1, 0.15) is 25.0 Å². The van der Waals surface area contributed by atoms with Crippen molar-refractivity contribution in [1.82, 2.24) is 9.78 Å². The molecule has 2 aromatic rings. The third-order valence-corrected chi connectivity index (χ3v) is 3.60. The maximum atomic E-state index is 12.1. The third-order valence-electron chi connectivity index (χ3n) is 3.60. The van der Waals surface area contributed by atoms with Crippen LogP contribution in [0.25, 0.3) is 0 Å². The van der Waals surface area contributed by atoms with E-state index in [4.69, 9.17) is 9.47 Å². The van der Waals surface area contributed by atoms with E-state index in [0.29, 0.717) is 36.8 Å². The number of nitrogens with zero attached hydrogens (tertiary/aromatic N) is 2. The summed E-state index contributed by atoms with van der Waals surface area (Å²) in [6.45, 7) is 7.34. The van der Waals surface area contributed by atoms with Crippen LogP contribution in [-0.4, -0.2) is 23.5 Å². The van der Waals surface area contributed by atoms with Crippen LogP contribution in [0.15, 0.2) is 29.2 Å². The molecule has 0 saturated carbocycles. The molecule has 0 bridgehead atoms. The van der Waals surface area contributed by atoms with E-state index in [9.17, 15) is 4.79 Å². The average molecular weight is 317 g/mol. The second-order valence-electron chi connectivity index (χ2n) is 5.08. The summed E-state index contributed by atoms with van der Waals surface area (Å²) in [5, 5.41) is 7.40. The van der Waals surface area contributed by atoms with Crippen molar-refractivity contribution in [2.24, 2.45) is 0 Å². The Bertz CT molecular complexity index is 726. The van der Waals surface area contributed by atoms with E-state index in [0.717, 1.165) is 11.3 Å². The zero-order valence-electron chi connectivity index (χ0n) is 14.0. The second kappa shape index (κ2) is 7.67. The topological polar surface area (TPSA) is 65.4 Å². The first kappa shape index (κ1) is 16.9. The van der Waals surface area contributed by atoms with Gasteiger partial charge in [0.05, 0.1) is 25.6 Å². The summed E-state index contributed by atoms with van der Waals surface area (Å²) < 4.78 is 12.3. The molecule has 2 rings (SSSR count). The molecule has 0 saturated heterocycles. The Morgan fingerprint density at radius 1 is 1.26 bits per heavy atom. The summed E-state index contributed by atoms with van der Waals surface area (Å²) in [5.74, 6) is 1.42. The molecule has 0 radical (unpaired) electrons. The van der Waals surface area contributed by atoms with Crippen LogP contribution in [0.3, 0.4) is 0 Å². The summed E-state index contributed by atoms with van der Waals surface area (Å²) in [6, 6.07) is 5.78. The first-order chi connectivity index (χ1) is 11.1. The first-order valence-corrected chi connectivity index (χ1v) is 7.71. The largest absolute Gasteiger partial charge is 0.493 e. The minimum Gasteiger partial charge on any atom is -0.493 e. The molecule has 23 heavy (non-hydrogen) atoms. The van der Waals surface area contributed by atoms with E-state index >= 15 is 0 Å². The number of ether oxygens (including phenoxy) is 2. The number of benzene rings is 1. The van der Waals surface area contributed by atoms with Gasteiger partial charge in [-0.05, 0) is 38.5 Å². The quantitative estimate of drug-likeness (QED) is 0.850. The first-order valence-electron chi connectivity index (χ1n) is 7.71. The fraction of sp³-hybridized carbons (Fsp3) is 0.412. The van der Waals surface area contributed by atoms with Gasteiger partial charge in [-0.2, -0.15) is 5.10 Å². The van der Waals surface area contributed by atoms with Gasteiger partial charge in [0.2, 0.25) is 0 Å². The van der Waals surface area contributed by atoms with Crippen molar-refractivity contribution in [2.45, 2.75) is 33.9 Å². The van der Waals surface area contributed by atoms with Gasteiger partial charge in [0.25, 0.3) is 5.56 Å². The Balaban J connectivity index is 2.16. The molecule has 0 atom stereocenters. The average Bonchev–Trinajstić information content (AvgIpc) is 2.57. The molecule has 0 spiro atoms. The molecule has 1 N–H and O–H groups in total. The Labute approximate surface area is 136 Å². The number of anilines is 1. The molecule has 124 valence electrons. The molecule has 0 aliphatic carbocycles. The Morgan fingerprint density at radius 3 is 2.70 bits per heavy atom. The van der Waals surface area contributed by atoms with Gasteiger partial charge < -0.3 is 14.8 Å². The molecule has 0 aliphatic rings. The van der Waals surface area contributed by atoms with Crippen molar-refractivity contribution < 1.29 is 9.47 Å². The van der Waals surface area contributed by atoms with Crippen LogP contribution in [0.4, 0.5) is 5.69 Å². The molecule has 1 heterocycles. The minimum atomic E-state index is -0.0674. The van der Waals surface area contributed by atoms with Gasteiger partial charge in [0.15, 0.2) is 11.5 Å². The predicted molar refractivity (Wildman–Crippen MR) is 90.4 cm³/mol. The van der Waals surface area contributed by atoms with Gasteiger partial charge in [-0.3, -0.25) is 4.79 Å². The van der Waals surface area contributed by atoms with Gasteiger partial charge in [-0.25, -0.2) is 4.68 Å². The zero-order valence-corrected chi connectivity index (χ0v) is 14.0. The van der Waals surface area contributed by atoms with Gasteiger partial charge in [0.1, 0.15) is 0 Å². The van der Waals surface area contributed by atoms with Crippen LogP contribution in [-0.2, 0) is 13.1 Å². The third kappa shape index (κ3) is 3.83. The SMILES string of the molecule is CCOc1cc(CNc2cnn(CC)c(=O)c2C)ccc1OC. The van der Waals surface area contributed by atoms with Gasteiger partial charge >= 0.3 is 0 Å². The molecule has 0 amide bonds. The van der Waals surface area contributed by atoms with E-state index < -0.39 is 0 Å². The summed E-state index contributed by atoms with van der Waals surface area (Å²) in [7, 11) is 1.62. The van der Waals surface area contributed by atoms with Crippen molar-refractivity contribution in [3.8, 4) is 11.5 Å². The summed E-state index contributed by atoms with van der Waals surface area (Å²) in [6.07, 6.45) is 1.69.